The highest BCUT2D eigenvalue weighted by Crippen LogP contribution is 2.34. The van der Waals surface area contributed by atoms with Crippen molar-refractivity contribution in [2.75, 3.05) is 10.2 Å². The van der Waals surface area contributed by atoms with Crippen LogP contribution in [0.4, 0.5) is 11.4 Å². The minimum absolute atomic E-state index is 0.187. The number of amides is 2. The summed E-state index contributed by atoms with van der Waals surface area (Å²) in [7, 11) is 0. The number of para-hydroxylation sites is 1. The number of hydrogen-bond donors (Lipinski definition) is 1. The molecule has 4 rings (SSSR count). The quantitative estimate of drug-likeness (QED) is 0.694. The summed E-state index contributed by atoms with van der Waals surface area (Å²) in [5, 5.41) is 3.49. The van der Waals surface area contributed by atoms with E-state index in [1.54, 1.807) is 23.1 Å². The molecule has 140 valence electrons. The van der Waals surface area contributed by atoms with E-state index in [4.69, 9.17) is 11.6 Å². The lowest BCUT2D eigenvalue weighted by Gasteiger charge is -2.25. The number of carbonyl (C=O) groups is 2. The summed E-state index contributed by atoms with van der Waals surface area (Å²) in [6.45, 7) is 1.90. The first-order chi connectivity index (χ1) is 13.5. The van der Waals surface area contributed by atoms with E-state index in [1.807, 2.05) is 61.5 Å². The Kier molecular flexibility index (Phi) is 4.88. The van der Waals surface area contributed by atoms with Crippen LogP contribution in [-0.4, -0.2) is 17.9 Å². The molecule has 0 saturated heterocycles. The third-order valence-corrected chi connectivity index (χ3v) is 5.36. The van der Waals surface area contributed by atoms with Crippen LogP contribution in [0, 0.1) is 6.92 Å². The topological polar surface area (TPSA) is 49.4 Å². The van der Waals surface area contributed by atoms with Crippen LogP contribution in [-0.2, 0) is 11.2 Å². The Hall–Kier alpha value is -3.11. The number of fused-ring (bicyclic) bond motifs is 1. The van der Waals surface area contributed by atoms with Gasteiger partial charge in [-0.2, -0.15) is 0 Å². The largest absolute Gasteiger partial charge is 0.324 e. The maximum atomic E-state index is 13.2. The van der Waals surface area contributed by atoms with Crippen LogP contribution in [0.2, 0.25) is 5.02 Å². The van der Waals surface area contributed by atoms with Crippen molar-refractivity contribution in [2.45, 2.75) is 19.4 Å². The van der Waals surface area contributed by atoms with Gasteiger partial charge in [-0.05, 0) is 48.4 Å². The molecule has 0 unspecified atom stereocenters. The van der Waals surface area contributed by atoms with E-state index in [2.05, 4.69) is 5.32 Å². The molecule has 0 aromatic heterocycles. The zero-order valence-electron chi connectivity index (χ0n) is 15.4. The molecule has 0 radical (unpaired) electrons. The molecule has 28 heavy (non-hydrogen) atoms. The minimum Gasteiger partial charge on any atom is -0.324 e. The van der Waals surface area contributed by atoms with Gasteiger partial charge in [0, 0.05) is 28.4 Å². The molecular weight excluding hydrogens is 372 g/mol. The summed E-state index contributed by atoms with van der Waals surface area (Å²) in [5.74, 6) is -0.423. The maximum absolute atomic E-state index is 13.2. The first kappa shape index (κ1) is 18.3. The van der Waals surface area contributed by atoms with Gasteiger partial charge in [-0.1, -0.05) is 54.1 Å². The van der Waals surface area contributed by atoms with Crippen LogP contribution in [0.5, 0.6) is 0 Å². The fourth-order valence-corrected chi connectivity index (χ4v) is 3.64. The fourth-order valence-electron chi connectivity index (χ4n) is 3.46. The zero-order valence-corrected chi connectivity index (χ0v) is 16.1. The molecule has 0 saturated carbocycles. The van der Waals surface area contributed by atoms with Crippen LogP contribution in [0.3, 0.4) is 0 Å². The monoisotopic (exact) mass is 390 g/mol. The molecule has 2 amide bonds. The second-order valence-electron chi connectivity index (χ2n) is 6.84. The standard InChI is InChI=1S/C23H19ClN2O2/c1-15-11-12-18(14-19(15)24)25-22(27)21-13-17-9-5-6-10-20(17)26(21)23(28)16-7-3-2-4-8-16/h2-12,14,21H,13H2,1H3,(H,25,27)/t21-/m1/s1. The number of rotatable bonds is 3. The smallest absolute Gasteiger partial charge is 0.259 e. The Morgan fingerprint density at radius 3 is 2.46 bits per heavy atom. The zero-order chi connectivity index (χ0) is 19.7. The predicted molar refractivity (Wildman–Crippen MR) is 112 cm³/mol. The molecule has 1 aliphatic rings. The van der Waals surface area contributed by atoms with E-state index in [0.29, 0.717) is 22.7 Å². The van der Waals surface area contributed by atoms with E-state index in [1.165, 1.54) is 0 Å². The van der Waals surface area contributed by atoms with Gasteiger partial charge in [0.1, 0.15) is 6.04 Å². The molecule has 4 nitrogen and oxygen atoms in total. The molecule has 1 N–H and O–H groups in total. The Balaban J connectivity index is 1.66. The first-order valence-electron chi connectivity index (χ1n) is 9.08. The van der Waals surface area contributed by atoms with Crippen molar-refractivity contribution in [3.05, 3.63) is 94.5 Å². The second kappa shape index (κ2) is 7.49. The van der Waals surface area contributed by atoms with Crippen LogP contribution in [0.25, 0.3) is 0 Å². The number of halogens is 1. The summed E-state index contributed by atoms with van der Waals surface area (Å²) in [4.78, 5) is 27.9. The van der Waals surface area contributed by atoms with Crippen molar-refractivity contribution in [1.29, 1.82) is 0 Å². The fraction of sp³-hybridized carbons (Fsp3) is 0.130. The SMILES string of the molecule is Cc1ccc(NC(=O)[C@H]2Cc3ccccc3N2C(=O)c2ccccc2)cc1Cl. The number of carbonyl (C=O) groups excluding carboxylic acids is 2. The van der Waals surface area contributed by atoms with Gasteiger partial charge >= 0.3 is 0 Å². The molecule has 1 heterocycles. The summed E-state index contributed by atoms with van der Waals surface area (Å²) >= 11 is 6.17. The van der Waals surface area contributed by atoms with Crippen LogP contribution >= 0.6 is 11.6 Å². The van der Waals surface area contributed by atoms with Crippen molar-refractivity contribution in [3.63, 3.8) is 0 Å². The van der Waals surface area contributed by atoms with Gasteiger partial charge in [0.05, 0.1) is 0 Å². The molecule has 0 spiro atoms. The summed E-state index contributed by atoms with van der Waals surface area (Å²) in [6.07, 6.45) is 0.472. The highest BCUT2D eigenvalue weighted by Gasteiger charge is 2.38. The molecular formula is C23H19ClN2O2. The number of benzene rings is 3. The van der Waals surface area contributed by atoms with Gasteiger partial charge in [-0.15, -0.1) is 0 Å². The summed E-state index contributed by atoms with van der Waals surface area (Å²) < 4.78 is 0. The van der Waals surface area contributed by atoms with Crippen molar-refractivity contribution < 1.29 is 9.59 Å². The third kappa shape index (κ3) is 3.39. The van der Waals surface area contributed by atoms with Crippen molar-refractivity contribution in [2.24, 2.45) is 0 Å². The van der Waals surface area contributed by atoms with Crippen LogP contribution in [0.1, 0.15) is 21.5 Å². The Bertz CT molecular complexity index is 1050. The van der Waals surface area contributed by atoms with Gasteiger partial charge < -0.3 is 5.32 Å². The van der Waals surface area contributed by atoms with Gasteiger partial charge in [0.25, 0.3) is 5.91 Å². The first-order valence-corrected chi connectivity index (χ1v) is 9.46. The van der Waals surface area contributed by atoms with E-state index >= 15 is 0 Å². The van der Waals surface area contributed by atoms with Crippen molar-refractivity contribution in [1.82, 2.24) is 0 Å². The lowest BCUT2D eigenvalue weighted by molar-refractivity contribution is -0.117. The Labute approximate surface area is 168 Å². The van der Waals surface area contributed by atoms with E-state index in [-0.39, 0.29) is 11.8 Å². The average Bonchev–Trinajstić information content (AvgIpc) is 3.10. The van der Waals surface area contributed by atoms with Gasteiger partial charge in [0.15, 0.2) is 0 Å². The number of hydrogen-bond acceptors (Lipinski definition) is 2. The molecule has 0 aliphatic carbocycles. The van der Waals surface area contributed by atoms with Crippen molar-refractivity contribution >= 4 is 34.8 Å². The summed E-state index contributed by atoms with van der Waals surface area (Å²) in [5.41, 5.74) is 3.86. The van der Waals surface area contributed by atoms with Gasteiger partial charge in [-0.3, -0.25) is 14.5 Å². The third-order valence-electron chi connectivity index (χ3n) is 4.96. The molecule has 3 aromatic carbocycles. The highest BCUT2D eigenvalue weighted by molar-refractivity contribution is 6.31. The minimum atomic E-state index is -0.620. The second-order valence-corrected chi connectivity index (χ2v) is 7.25. The Morgan fingerprint density at radius 1 is 1.00 bits per heavy atom. The van der Waals surface area contributed by atoms with Gasteiger partial charge in [0.2, 0.25) is 5.91 Å². The Morgan fingerprint density at radius 2 is 1.71 bits per heavy atom. The summed E-state index contributed by atoms with van der Waals surface area (Å²) in [6, 6.07) is 21.4. The number of anilines is 2. The normalized spacial score (nSPS) is 15.2. The number of aryl methyl sites for hydroxylation is 1. The van der Waals surface area contributed by atoms with E-state index in [0.717, 1.165) is 16.8 Å². The number of nitrogens with zero attached hydrogens (tertiary/aromatic N) is 1. The van der Waals surface area contributed by atoms with E-state index < -0.39 is 6.04 Å². The predicted octanol–water partition coefficient (Wildman–Crippen LogP) is 4.86. The lowest BCUT2D eigenvalue weighted by atomic mass is 10.1. The lowest BCUT2D eigenvalue weighted by Crippen LogP contribution is -2.45. The number of nitrogens with one attached hydrogen (secondary N) is 1. The molecule has 1 atom stereocenters. The van der Waals surface area contributed by atoms with Crippen LogP contribution < -0.4 is 10.2 Å². The van der Waals surface area contributed by atoms with Crippen LogP contribution in [0.15, 0.2) is 72.8 Å². The molecule has 5 heteroatoms. The molecule has 0 fully saturated rings. The average molecular weight is 391 g/mol. The van der Waals surface area contributed by atoms with Gasteiger partial charge in [-0.25, -0.2) is 0 Å². The van der Waals surface area contributed by atoms with E-state index in [9.17, 15) is 9.59 Å². The molecule has 1 aliphatic heterocycles. The van der Waals surface area contributed by atoms with Crippen molar-refractivity contribution in [3.8, 4) is 0 Å². The molecule has 0 bridgehead atoms. The maximum Gasteiger partial charge on any atom is 0.259 e. The molecule has 3 aromatic rings. The highest BCUT2D eigenvalue weighted by atomic mass is 35.5.